The van der Waals surface area contributed by atoms with Crippen LogP contribution in [-0.4, -0.2) is 54.6 Å². The summed E-state index contributed by atoms with van der Waals surface area (Å²) in [7, 11) is 4.44. The summed E-state index contributed by atoms with van der Waals surface area (Å²) in [6.07, 6.45) is 2.16. The molecule has 0 aliphatic carbocycles. The number of piperazine rings is 1. The normalized spacial score (nSPS) is 23.8. The van der Waals surface area contributed by atoms with Gasteiger partial charge in [0.1, 0.15) is 0 Å². The van der Waals surface area contributed by atoms with Gasteiger partial charge in [0.15, 0.2) is 0 Å². The molecule has 0 spiro atoms. The predicted octanol–water partition coefficient (Wildman–Crippen LogP) is 1.49. The van der Waals surface area contributed by atoms with Gasteiger partial charge in [0.05, 0.1) is 10.7 Å². The van der Waals surface area contributed by atoms with Crippen LogP contribution < -0.4 is 0 Å². The molecule has 1 aliphatic rings. The van der Waals surface area contributed by atoms with E-state index in [4.69, 9.17) is 0 Å². The Labute approximate surface area is 102 Å². The summed E-state index contributed by atoms with van der Waals surface area (Å²) in [5, 5.41) is 3.49. The monoisotopic (exact) mass is 239 g/mol. The van der Waals surface area contributed by atoms with Gasteiger partial charge >= 0.3 is 0 Å². The second-order valence-corrected chi connectivity index (χ2v) is 5.63. The molecule has 1 atom stereocenters. The molecule has 1 aliphatic heterocycles. The lowest BCUT2D eigenvalue weighted by atomic mass is 10.1. The second kappa shape index (κ2) is 5.25. The number of hydrogen-bond donors (Lipinski definition) is 0. The molecule has 0 bridgehead atoms. The molecule has 3 nitrogen and oxygen atoms in total. The zero-order chi connectivity index (χ0) is 11.5. The van der Waals surface area contributed by atoms with E-state index in [0.717, 1.165) is 19.4 Å². The van der Waals surface area contributed by atoms with E-state index in [1.165, 1.54) is 23.8 Å². The van der Waals surface area contributed by atoms with Gasteiger partial charge in [-0.15, -0.1) is 11.3 Å². The van der Waals surface area contributed by atoms with E-state index in [0.29, 0.717) is 6.04 Å². The smallest absolute Gasteiger partial charge is 0.0944 e. The topological polar surface area (TPSA) is 19.4 Å². The van der Waals surface area contributed by atoms with E-state index in [-0.39, 0.29) is 0 Å². The minimum absolute atomic E-state index is 0.634. The van der Waals surface area contributed by atoms with E-state index >= 15 is 0 Å². The summed E-state index contributed by atoms with van der Waals surface area (Å²) in [5.41, 5.74) is 1.24. The SMILES string of the molecule is CCc1csc(CC2CN(C)CCN2C)n1. The fraction of sp³-hybridized carbons (Fsp3) is 0.750. The third-order valence-electron chi connectivity index (χ3n) is 3.35. The molecule has 0 aromatic carbocycles. The first-order valence-corrected chi connectivity index (χ1v) is 6.89. The third-order valence-corrected chi connectivity index (χ3v) is 4.27. The number of hydrogen-bond acceptors (Lipinski definition) is 4. The molecule has 1 unspecified atom stereocenters. The minimum Gasteiger partial charge on any atom is -0.304 e. The first kappa shape index (κ1) is 12.0. The van der Waals surface area contributed by atoms with Crippen LogP contribution in [0.25, 0.3) is 0 Å². The zero-order valence-electron chi connectivity index (χ0n) is 10.4. The van der Waals surface area contributed by atoms with Crippen LogP contribution in [0.3, 0.4) is 0 Å². The second-order valence-electron chi connectivity index (χ2n) is 4.69. The molecule has 0 N–H and O–H groups in total. The molecule has 1 aromatic rings. The highest BCUT2D eigenvalue weighted by Gasteiger charge is 2.23. The largest absolute Gasteiger partial charge is 0.304 e. The van der Waals surface area contributed by atoms with Crippen molar-refractivity contribution in [3.8, 4) is 0 Å². The fourth-order valence-electron chi connectivity index (χ4n) is 2.13. The Hall–Kier alpha value is -0.450. The lowest BCUT2D eigenvalue weighted by molar-refractivity contribution is 0.114. The molecule has 90 valence electrons. The molecule has 1 saturated heterocycles. The Morgan fingerprint density at radius 2 is 2.25 bits per heavy atom. The van der Waals surface area contributed by atoms with Crippen molar-refractivity contribution in [3.63, 3.8) is 0 Å². The molecule has 0 saturated carbocycles. The van der Waals surface area contributed by atoms with Crippen molar-refractivity contribution < 1.29 is 0 Å². The van der Waals surface area contributed by atoms with Crippen LogP contribution >= 0.6 is 11.3 Å². The molecule has 16 heavy (non-hydrogen) atoms. The fourth-order valence-corrected chi connectivity index (χ4v) is 3.08. The maximum atomic E-state index is 4.66. The molecule has 0 amide bonds. The highest BCUT2D eigenvalue weighted by molar-refractivity contribution is 7.09. The lowest BCUT2D eigenvalue weighted by Gasteiger charge is -2.37. The number of rotatable bonds is 3. The summed E-state index contributed by atoms with van der Waals surface area (Å²) >= 11 is 1.81. The molecule has 2 rings (SSSR count). The van der Waals surface area contributed by atoms with Gasteiger partial charge in [-0.1, -0.05) is 6.92 Å². The number of nitrogens with zero attached hydrogens (tertiary/aromatic N) is 3. The van der Waals surface area contributed by atoms with Crippen LogP contribution in [-0.2, 0) is 12.8 Å². The van der Waals surface area contributed by atoms with Crippen molar-refractivity contribution in [2.24, 2.45) is 0 Å². The molecule has 1 aromatic heterocycles. The Bertz CT molecular complexity index is 337. The molecular formula is C12H21N3S. The number of aryl methyl sites for hydroxylation is 1. The highest BCUT2D eigenvalue weighted by atomic mass is 32.1. The van der Waals surface area contributed by atoms with E-state index in [1.54, 1.807) is 0 Å². The lowest BCUT2D eigenvalue weighted by Crippen LogP contribution is -2.50. The molecule has 4 heteroatoms. The van der Waals surface area contributed by atoms with Crippen molar-refractivity contribution in [1.29, 1.82) is 0 Å². The minimum atomic E-state index is 0.634. The highest BCUT2D eigenvalue weighted by Crippen LogP contribution is 2.16. The number of aromatic nitrogens is 1. The molecule has 0 radical (unpaired) electrons. The van der Waals surface area contributed by atoms with Gasteiger partial charge in [-0.3, -0.25) is 0 Å². The maximum absolute atomic E-state index is 4.66. The zero-order valence-corrected chi connectivity index (χ0v) is 11.3. The summed E-state index contributed by atoms with van der Waals surface area (Å²) in [5.74, 6) is 0. The Balaban J connectivity index is 1.97. The average Bonchev–Trinajstić information content (AvgIpc) is 2.71. The van der Waals surface area contributed by atoms with Crippen LogP contribution in [0.1, 0.15) is 17.6 Å². The maximum Gasteiger partial charge on any atom is 0.0944 e. The van der Waals surface area contributed by atoms with Crippen LogP contribution in [0, 0.1) is 0 Å². The summed E-state index contributed by atoms with van der Waals surface area (Å²) in [6, 6.07) is 0.634. The Morgan fingerprint density at radius 3 is 2.94 bits per heavy atom. The van der Waals surface area contributed by atoms with Crippen molar-refractivity contribution in [2.75, 3.05) is 33.7 Å². The van der Waals surface area contributed by atoms with Gasteiger partial charge in [0.2, 0.25) is 0 Å². The molecular weight excluding hydrogens is 218 g/mol. The predicted molar refractivity (Wildman–Crippen MR) is 69.1 cm³/mol. The van der Waals surface area contributed by atoms with Crippen LogP contribution in [0.2, 0.25) is 0 Å². The van der Waals surface area contributed by atoms with Gasteiger partial charge < -0.3 is 9.80 Å². The van der Waals surface area contributed by atoms with Gasteiger partial charge in [-0.05, 0) is 20.5 Å². The van der Waals surface area contributed by atoms with E-state index in [2.05, 4.69) is 41.2 Å². The van der Waals surface area contributed by atoms with Crippen LogP contribution in [0.5, 0.6) is 0 Å². The Morgan fingerprint density at radius 1 is 1.44 bits per heavy atom. The molecule has 2 heterocycles. The van der Waals surface area contributed by atoms with Gasteiger partial charge in [0.25, 0.3) is 0 Å². The first-order valence-electron chi connectivity index (χ1n) is 6.01. The van der Waals surface area contributed by atoms with Gasteiger partial charge in [-0.2, -0.15) is 0 Å². The van der Waals surface area contributed by atoms with E-state index in [9.17, 15) is 0 Å². The summed E-state index contributed by atoms with van der Waals surface area (Å²) < 4.78 is 0. The van der Waals surface area contributed by atoms with Crippen molar-refractivity contribution in [3.05, 3.63) is 16.1 Å². The van der Waals surface area contributed by atoms with E-state index in [1.807, 2.05) is 11.3 Å². The quantitative estimate of drug-likeness (QED) is 0.797. The van der Waals surface area contributed by atoms with Crippen molar-refractivity contribution >= 4 is 11.3 Å². The number of thiazole rings is 1. The third kappa shape index (κ3) is 2.81. The van der Waals surface area contributed by atoms with Gasteiger partial charge in [-0.25, -0.2) is 4.98 Å². The number of likely N-dealkylation sites (N-methyl/N-ethyl adjacent to an activating group) is 2. The first-order chi connectivity index (χ1) is 7.69. The van der Waals surface area contributed by atoms with Crippen molar-refractivity contribution in [1.82, 2.24) is 14.8 Å². The van der Waals surface area contributed by atoms with Crippen LogP contribution in [0.15, 0.2) is 5.38 Å². The van der Waals surface area contributed by atoms with Gasteiger partial charge in [0, 0.05) is 37.5 Å². The molecule has 1 fully saturated rings. The average molecular weight is 239 g/mol. The summed E-state index contributed by atoms with van der Waals surface area (Å²) in [6.45, 7) is 5.69. The van der Waals surface area contributed by atoms with E-state index < -0.39 is 0 Å². The summed E-state index contributed by atoms with van der Waals surface area (Å²) in [4.78, 5) is 9.54. The van der Waals surface area contributed by atoms with Crippen LogP contribution in [0.4, 0.5) is 0 Å². The standard InChI is InChI=1S/C12H21N3S/c1-4-10-9-16-12(13-10)7-11-8-14(2)5-6-15(11)3/h9,11H,4-8H2,1-3H3. The van der Waals surface area contributed by atoms with Crippen molar-refractivity contribution in [2.45, 2.75) is 25.8 Å². The Kier molecular flexibility index (Phi) is 3.95.